The quantitative estimate of drug-likeness (QED) is 0.575. The van der Waals surface area contributed by atoms with Gasteiger partial charge < -0.3 is 5.41 Å². The van der Waals surface area contributed by atoms with Gasteiger partial charge in [-0.2, -0.15) is 0 Å². The van der Waals surface area contributed by atoms with Crippen molar-refractivity contribution in [3.63, 3.8) is 0 Å². The van der Waals surface area contributed by atoms with Crippen molar-refractivity contribution in [3.8, 4) is 0 Å². The van der Waals surface area contributed by atoms with E-state index in [1.165, 1.54) is 0 Å². The lowest BCUT2D eigenvalue weighted by atomic mass is 10.2. The normalized spacial score (nSPS) is 8.20. The Labute approximate surface area is 60.7 Å². The molecule has 0 rings (SSSR count). The van der Waals surface area contributed by atoms with Gasteiger partial charge in [-0.05, 0) is 27.3 Å². The van der Waals surface area contributed by atoms with Crippen LogP contribution in [0.3, 0.4) is 0 Å². The van der Waals surface area contributed by atoms with E-state index in [-0.39, 0.29) is 0 Å². The van der Waals surface area contributed by atoms with Crippen LogP contribution in [-0.4, -0.2) is 19.1 Å². The monoisotopic (exact) mass is 137 g/mol. The van der Waals surface area contributed by atoms with E-state index < -0.39 is 0 Å². The van der Waals surface area contributed by atoms with Crippen molar-refractivity contribution in [2.75, 3.05) is 0 Å². The summed E-state index contributed by atoms with van der Waals surface area (Å²) >= 11 is 0. The molecule has 0 aliphatic carbocycles. The van der Waals surface area contributed by atoms with Gasteiger partial charge in [0.25, 0.3) is 0 Å². The highest BCUT2D eigenvalue weighted by molar-refractivity contribution is 5.95. The lowest BCUT2D eigenvalue weighted by Crippen LogP contribution is -1.93. The molecular weight excluding hydrogens is 126 g/mol. The van der Waals surface area contributed by atoms with Crippen molar-refractivity contribution >= 4 is 19.1 Å². The average Bonchev–Trinajstić information content (AvgIpc) is 1.90. The van der Waals surface area contributed by atoms with Crippen molar-refractivity contribution in [3.05, 3.63) is 11.4 Å². The maximum Gasteiger partial charge on any atom is 0.155 e. The van der Waals surface area contributed by atoms with Crippen LogP contribution in [0.2, 0.25) is 0 Å². The summed E-state index contributed by atoms with van der Waals surface area (Å²) < 4.78 is 0. The zero-order valence-electron chi connectivity index (χ0n) is 6.31. The second-order valence-electron chi connectivity index (χ2n) is 1.89. The van der Waals surface area contributed by atoms with Crippen LogP contribution in [0.1, 0.15) is 13.8 Å². The van der Waals surface area contributed by atoms with E-state index in [9.17, 15) is 0 Å². The Morgan fingerprint density at radius 1 is 1.20 bits per heavy atom. The van der Waals surface area contributed by atoms with Crippen molar-refractivity contribution in [1.29, 1.82) is 5.41 Å². The van der Waals surface area contributed by atoms with Crippen LogP contribution < -0.4 is 0 Å². The molecular formula is C7H11N3. The minimum absolute atomic E-state index is 0.438. The fourth-order valence-electron chi connectivity index (χ4n) is 0.455. The lowest BCUT2D eigenvalue weighted by Gasteiger charge is -1.98. The Hall–Kier alpha value is -1.25. The van der Waals surface area contributed by atoms with Gasteiger partial charge >= 0.3 is 0 Å². The number of rotatable bonds is 3. The molecule has 0 aliphatic heterocycles. The third kappa shape index (κ3) is 1.93. The van der Waals surface area contributed by atoms with Crippen LogP contribution in [0.15, 0.2) is 21.4 Å². The average molecular weight is 137 g/mol. The Morgan fingerprint density at radius 2 is 1.60 bits per heavy atom. The molecule has 0 radical (unpaired) electrons. The molecule has 0 aromatic carbocycles. The highest BCUT2D eigenvalue weighted by atomic mass is 14.9. The van der Waals surface area contributed by atoms with Gasteiger partial charge in [0.15, 0.2) is 5.82 Å². The number of nitrogens with zero attached hydrogens (tertiary/aromatic N) is 2. The molecule has 0 amide bonds. The minimum atomic E-state index is 0.438. The number of nitrogens with one attached hydrogen (secondary N) is 1. The molecule has 0 bridgehead atoms. The first-order valence-corrected chi connectivity index (χ1v) is 2.83. The molecule has 0 unspecified atom stereocenters. The summed E-state index contributed by atoms with van der Waals surface area (Å²) in [5.41, 5.74) is 1.15. The lowest BCUT2D eigenvalue weighted by molar-refractivity contribution is 1.21. The molecule has 0 aliphatic rings. The summed E-state index contributed by atoms with van der Waals surface area (Å²) in [5, 5.41) is 7.20. The Bertz CT molecular complexity index is 191. The Kier molecular flexibility index (Phi) is 3.25. The zero-order valence-corrected chi connectivity index (χ0v) is 6.31. The molecule has 1 N–H and O–H groups in total. The highest BCUT2D eigenvalue weighted by Gasteiger charge is 1.97. The van der Waals surface area contributed by atoms with E-state index >= 15 is 0 Å². The molecule has 0 saturated heterocycles. The predicted molar refractivity (Wildman–Crippen MR) is 45.2 cm³/mol. The number of hydrogen-bond donors (Lipinski definition) is 1. The fourth-order valence-corrected chi connectivity index (χ4v) is 0.455. The highest BCUT2D eigenvalue weighted by Crippen LogP contribution is 2.06. The third-order valence-electron chi connectivity index (χ3n) is 1.20. The SMILES string of the molecule is C=NC(N=C)=C(C)C(C)=N. The van der Waals surface area contributed by atoms with Gasteiger partial charge in [0.2, 0.25) is 0 Å². The second kappa shape index (κ2) is 3.71. The second-order valence-corrected chi connectivity index (χ2v) is 1.89. The van der Waals surface area contributed by atoms with Gasteiger partial charge in [-0.3, -0.25) is 0 Å². The van der Waals surface area contributed by atoms with Crippen LogP contribution >= 0.6 is 0 Å². The molecule has 0 aromatic rings. The first-order chi connectivity index (χ1) is 4.63. The number of aliphatic imine (C=N–C) groups is 2. The summed E-state index contributed by atoms with van der Waals surface area (Å²) in [6, 6.07) is 0. The van der Waals surface area contributed by atoms with Gasteiger partial charge in [-0.25, -0.2) is 9.98 Å². The van der Waals surface area contributed by atoms with Crippen molar-refractivity contribution in [2.45, 2.75) is 13.8 Å². The van der Waals surface area contributed by atoms with E-state index in [1.54, 1.807) is 13.8 Å². The third-order valence-corrected chi connectivity index (χ3v) is 1.20. The number of hydrogen-bond acceptors (Lipinski definition) is 3. The smallest absolute Gasteiger partial charge is 0.155 e. The Balaban J connectivity index is 4.76. The van der Waals surface area contributed by atoms with Gasteiger partial charge in [0.1, 0.15) is 0 Å². The molecule has 0 spiro atoms. The standard InChI is InChI=1S/C7H11N3/c1-5(6(2)8)7(9-3)10-4/h8H,3-4H2,1-2H3. The van der Waals surface area contributed by atoms with Crippen LogP contribution in [0.5, 0.6) is 0 Å². The van der Waals surface area contributed by atoms with Gasteiger partial charge in [0, 0.05) is 11.3 Å². The first-order valence-electron chi connectivity index (χ1n) is 2.83. The molecule has 0 heterocycles. The van der Waals surface area contributed by atoms with E-state index in [4.69, 9.17) is 5.41 Å². The molecule has 0 fully saturated rings. The summed E-state index contributed by atoms with van der Waals surface area (Å²) in [7, 11) is 0. The largest absolute Gasteiger partial charge is 0.305 e. The topological polar surface area (TPSA) is 48.6 Å². The zero-order chi connectivity index (χ0) is 8.15. The van der Waals surface area contributed by atoms with Crippen LogP contribution in [-0.2, 0) is 0 Å². The van der Waals surface area contributed by atoms with Crippen molar-refractivity contribution < 1.29 is 0 Å². The summed E-state index contributed by atoms with van der Waals surface area (Å²) in [5.74, 6) is 0.438. The van der Waals surface area contributed by atoms with Crippen LogP contribution in [0.25, 0.3) is 0 Å². The summed E-state index contributed by atoms with van der Waals surface area (Å²) in [6.07, 6.45) is 0. The first kappa shape index (κ1) is 8.75. The molecule has 54 valence electrons. The van der Waals surface area contributed by atoms with Crippen molar-refractivity contribution in [2.24, 2.45) is 9.98 Å². The van der Waals surface area contributed by atoms with E-state index in [0.29, 0.717) is 17.1 Å². The maximum absolute atomic E-state index is 7.20. The fraction of sp³-hybridized carbons (Fsp3) is 0.286. The van der Waals surface area contributed by atoms with Crippen molar-refractivity contribution in [1.82, 2.24) is 0 Å². The van der Waals surface area contributed by atoms with Gasteiger partial charge in [-0.15, -0.1) is 0 Å². The van der Waals surface area contributed by atoms with E-state index in [2.05, 4.69) is 23.4 Å². The molecule has 0 atom stereocenters. The molecule has 3 nitrogen and oxygen atoms in total. The molecule has 0 saturated carbocycles. The van der Waals surface area contributed by atoms with Gasteiger partial charge in [0.05, 0.1) is 0 Å². The van der Waals surface area contributed by atoms with E-state index in [0.717, 1.165) is 0 Å². The van der Waals surface area contributed by atoms with Crippen LogP contribution in [0, 0.1) is 5.41 Å². The van der Waals surface area contributed by atoms with Gasteiger partial charge in [-0.1, -0.05) is 0 Å². The Morgan fingerprint density at radius 3 is 1.70 bits per heavy atom. The minimum Gasteiger partial charge on any atom is -0.305 e. The molecule has 3 heteroatoms. The summed E-state index contributed by atoms with van der Waals surface area (Å²) in [6.45, 7) is 10.0. The number of allylic oxidation sites excluding steroid dienone is 1. The predicted octanol–water partition coefficient (Wildman–Crippen LogP) is 1.66. The molecule has 0 aromatic heterocycles. The molecule has 10 heavy (non-hydrogen) atoms. The maximum atomic E-state index is 7.20. The van der Waals surface area contributed by atoms with E-state index in [1.807, 2.05) is 0 Å². The summed E-state index contributed by atoms with van der Waals surface area (Å²) in [4.78, 5) is 7.17. The van der Waals surface area contributed by atoms with Crippen LogP contribution in [0.4, 0.5) is 0 Å².